The molecule has 0 aliphatic carbocycles. The largest absolute Gasteiger partial charge is 0.496 e. The number of ether oxygens (including phenoxy) is 1. The number of nitrogens with zero attached hydrogens (tertiary/aromatic N) is 3. The van der Waals surface area contributed by atoms with Crippen molar-refractivity contribution in [2.24, 2.45) is 0 Å². The molecule has 2 aromatic rings. The molecule has 164 valence electrons. The van der Waals surface area contributed by atoms with Gasteiger partial charge >= 0.3 is 0 Å². The van der Waals surface area contributed by atoms with Crippen LogP contribution in [0.15, 0.2) is 42.5 Å². The van der Waals surface area contributed by atoms with Crippen LogP contribution in [-0.2, 0) is 22.6 Å². The molecule has 0 bridgehead atoms. The molecule has 0 spiro atoms. The fourth-order valence-electron chi connectivity index (χ4n) is 4.43. The maximum Gasteiger partial charge on any atom is 0.227 e. The van der Waals surface area contributed by atoms with E-state index < -0.39 is 0 Å². The second kappa shape index (κ2) is 9.52. The molecular weight excluding hydrogens is 390 g/mol. The number of aryl methyl sites for hydroxylation is 1. The van der Waals surface area contributed by atoms with E-state index in [1.165, 1.54) is 11.1 Å². The zero-order valence-electron chi connectivity index (χ0n) is 18.5. The van der Waals surface area contributed by atoms with E-state index in [1.807, 2.05) is 40.1 Å². The molecule has 0 unspecified atom stereocenters. The molecule has 2 saturated heterocycles. The summed E-state index contributed by atoms with van der Waals surface area (Å²) in [5.74, 6) is 1.27. The van der Waals surface area contributed by atoms with Crippen LogP contribution in [0, 0.1) is 6.92 Å². The summed E-state index contributed by atoms with van der Waals surface area (Å²) in [7, 11) is 1.71. The van der Waals surface area contributed by atoms with E-state index in [1.54, 1.807) is 7.11 Å². The monoisotopic (exact) mass is 421 g/mol. The minimum absolute atomic E-state index is 0.165. The first-order valence-corrected chi connectivity index (χ1v) is 11.1. The maximum atomic E-state index is 12.8. The van der Waals surface area contributed by atoms with Crippen molar-refractivity contribution in [1.29, 1.82) is 0 Å². The molecule has 6 heteroatoms. The van der Waals surface area contributed by atoms with Gasteiger partial charge < -0.3 is 14.5 Å². The van der Waals surface area contributed by atoms with Gasteiger partial charge in [0.15, 0.2) is 0 Å². The van der Waals surface area contributed by atoms with E-state index in [2.05, 4.69) is 24.0 Å². The van der Waals surface area contributed by atoms with Crippen molar-refractivity contribution in [3.05, 3.63) is 59.2 Å². The van der Waals surface area contributed by atoms with Gasteiger partial charge in [-0.15, -0.1) is 0 Å². The third kappa shape index (κ3) is 5.07. The first-order chi connectivity index (χ1) is 15.0. The zero-order chi connectivity index (χ0) is 21.8. The average molecular weight is 422 g/mol. The van der Waals surface area contributed by atoms with E-state index in [0.29, 0.717) is 12.8 Å². The van der Waals surface area contributed by atoms with Crippen molar-refractivity contribution < 1.29 is 14.3 Å². The van der Waals surface area contributed by atoms with E-state index in [0.717, 1.165) is 62.7 Å². The van der Waals surface area contributed by atoms with Crippen LogP contribution >= 0.6 is 0 Å². The molecule has 31 heavy (non-hydrogen) atoms. The summed E-state index contributed by atoms with van der Waals surface area (Å²) in [5, 5.41) is 0. The van der Waals surface area contributed by atoms with Crippen molar-refractivity contribution in [1.82, 2.24) is 9.80 Å². The molecule has 2 aliphatic heterocycles. The second-order valence-electron chi connectivity index (χ2n) is 8.46. The third-order valence-electron chi connectivity index (χ3n) is 6.23. The topological polar surface area (TPSA) is 53.1 Å². The van der Waals surface area contributed by atoms with Crippen LogP contribution in [0.25, 0.3) is 0 Å². The molecule has 2 heterocycles. The molecule has 0 radical (unpaired) electrons. The van der Waals surface area contributed by atoms with Crippen molar-refractivity contribution >= 4 is 17.5 Å². The summed E-state index contributed by atoms with van der Waals surface area (Å²) >= 11 is 0. The van der Waals surface area contributed by atoms with Crippen molar-refractivity contribution in [3.63, 3.8) is 0 Å². The summed E-state index contributed by atoms with van der Waals surface area (Å²) in [5.41, 5.74) is 4.34. The maximum absolute atomic E-state index is 12.8. The molecule has 2 amide bonds. The van der Waals surface area contributed by atoms with Crippen LogP contribution in [0.2, 0.25) is 0 Å². The Hall–Kier alpha value is -2.86. The molecule has 0 aromatic heterocycles. The quantitative estimate of drug-likeness (QED) is 0.720. The third-order valence-corrected chi connectivity index (χ3v) is 6.23. The van der Waals surface area contributed by atoms with E-state index in [9.17, 15) is 9.59 Å². The highest BCUT2D eigenvalue weighted by Gasteiger charge is 2.23. The van der Waals surface area contributed by atoms with Gasteiger partial charge in [0.25, 0.3) is 0 Å². The highest BCUT2D eigenvalue weighted by molar-refractivity contribution is 5.95. The van der Waals surface area contributed by atoms with Crippen molar-refractivity contribution in [2.75, 3.05) is 44.7 Å². The number of piperazine rings is 1. The van der Waals surface area contributed by atoms with Crippen LogP contribution in [0.1, 0.15) is 29.5 Å². The van der Waals surface area contributed by atoms with Gasteiger partial charge in [-0.1, -0.05) is 29.8 Å². The van der Waals surface area contributed by atoms with Crippen molar-refractivity contribution in [3.8, 4) is 5.75 Å². The van der Waals surface area contributed by atoms with Gasteiger partial charge in [-0.05, 0) is 37.1 Å². The van der Waals surface area contributed by atoms with Crippen LogP contribution in [-0.4, -0.2) is 61.4 Å². The molecule has 2 aliphatic rings. The van der Waals surface area contributed by atoms with Gasteiger partial charge in [0.05, 0.1) is 13.5 Å². The summed E-state index contributed by atoms with van der Waals surface area (Å²) in [4.78, 5) is 30.9. The average Bonchev–Trinajstić information content (AvgIpc) is 3.21. The Morgan fingerprint density at radius 2 is 1.74 bits per heavy atom. The Bertz CT molecular complexity index is 934. The van der Waals surface area contributed by atoms with E-state index in [4.69, 9.17) is 4.74 Å². The Labute approximate surface area is 184 Å². The summed E-state index contributed by atoms with van der Waals surface area (Å²) in [6, 6.07) is 14.1. The van der Waals surface area contributed by atoms with Crippen LogP contribution in [0.5, 0.6) is 5.75 Å². The smallest absolute Gasteiger partial charge is 0.227 e. The molecular formula is C25H31N3O3. The van der Waals surface area contributed by atoms with Gasteiger partial charge in [0, 0.05) is 56.9 Å². The van der Waals surface area contributed by atoms with Gasteiger partial charge in [0.2, 0.25) is 11.8 Å². The zero-order valence-corrected chi connectivity index (χ0v) is 18.5. The number of hydrogen-bond acceptors (Lipinski definition) is 4. The molecule has 4 rings (SSSR count). The van der Waals surface area contributed by atoms with Gasteiger partial charge in [-0.3, -0.25) is 14.5 Å². The fraction of sp³-hybridized carbons (Fsp3) is 0.440. The first kappa shape index (κ1) is 21.4. The lowest BCUT2D eigenvalue weighted by molar-refractivity contribution is -0.132. The number of anilines is 1. The van der Waals surface area contributed by atoms with Crippen LogP contribution < -0.4 is 9.64 Å². The molecule has 0 N–H and O–H groups in total. The Balaban J connectivity index is 1.28. The number of methoxy groups -OCH3 is 1. The van der Waals surface area contributed by atoms with Crippen LogP contribution in [0.4, 0.5) is 5.69 Å². The molecule has 0 atom stereocenters. The van der Waals surface area contributed by atoms with Gasteiger partial charge in [-0.25, -0.2) is 0 Å². The number of carbonyl (C=O) groups excluding carboxylic acids is 2. The number of carbonyl (C=O) groups is 2. The Morgan fingerprint density at radius 3 is 2.39 bits per heavy atom. The molecule has 6 nitrogen and oxygen atoms in total. The molecule has 2 aromatic carbocycles. The molecule has 0 saturated carbocycles. The first-order valence-electron chi connectivity index (χ1n) is 11.1. The van der Waals surface area contributed by atoms with Crippen molar-refractivity contribution in [2.45, 2.75) is 32.7 Å². The SMILES string of the molecule is COc1ccc(C)cc1CN1CCN(C(=O)Cc2ccc(N3CCCC3=O)cc2)CC1. The Kier molecular flexibility index (Phi) is 6.56. The van der Waals surface area contributed by atoms with E-state index >= 15 is 0 Å². The number of amides is 2. The summed E-state index contributed by atoms with van der Waals surface area (Å²) in [6.07, 6.45) is 1.95. The van der Waals surface area contributed by atoms with Gasteiger partial charge in [-0.2, -0.15) is 0 Å². The fourth-order valence-corrected chi connectivity index (χ4v) is 4.43. The van der Waals surface area contributed by atoms with Crippen LogP contribution in [0.3, 0.4) is 0 Å². The van der Waals surface area contributed by atoms with Gasteiger partial charge in [0.1, 0.15) is 5.75 Å². The lowest BCUT2D eigenvalue weighted by Gasteiger charge is -2.35. The second-order valence-corrected chi connectivity index (χ2v) is 8.46. The predicted octanol–water partition coefficient (Wildman–Crippen LogP) is 3.02. The standard InChI is InChI=1S/C25H31N3O3/c1-19-5-10-23(31-2)21(16-19)18-26-12-14-27(15-13-26)25(30)17-20-6-8-22(9-7-20)28-11-3-4-24(28)29/h5-10,16H,3-4,11-15,17-18H2,1-2H3. The predicted molar refractivity (Wildman–Crippen MR) is 121 cm³/mol. The Morgan fingerprint density at radius 1 is 1.00 bits per heavy atom. The highest BCUT2D eigenvalue weighted by atomic mass is 16.5. The number of hydrogen-bond donors (Lipinski definition) is 0. The molecule has 2 fully saturated rings. The lowest BCUT2D eigenvalue weighted by Crippen LogP contribution is -2.48. The number of benzene rings is 2. The summed E-state index contributed by atoms with van der Waals surface area (Å²) in [6.45, 7) is 6.92. The highest BCUT2D eigenvalue weighted by Crippen LogP contribution is 2.23. The summed E-state index contributed by atoms with van der Waals surface area (Å²) < 4.78 is 5.50. The van der Waals surface area contributed by atoms with E-state index in [-0.39, 0.29) is 11.8 Å². The minimum atomic E-state index is 0.165. The minimum Gasteiger partial charge on any atom is -0.496 e. The lowest BCUT2D eigenvalue weighted by atomic mass is 10.1. The normalized spacial score (nSPS) is 17.3. The number of rotatable bonds is 6.